The first-order valence-electron chi connectivity index (χ1n) is 13.0. The van der Waals surface area contributed by atoms with Crippen molar-refractivity contribution in [2.75, 3.05) is 32.8 Å². The van der Waals surface area contributed by atoms with E-state index in [4.69, 9.17) is 34.2 Å². The first kappa shape index (κ1) is 34.7. The van der Waals surface area contributed by atoms with Gasteiger partial charge in [-0.15, -0.1) is 0 Å². The Labute approximate surface area is 233 Å². The Balaban J connectivity index is 2.82. The molecular weight excluding hydrogens is 534 g/mol. The minimum absolute atomic E-state index is 0.0762. The van der Waals surface area contributed by atoms with E-state index in [0.717, 1.165) is 27.7 Å². The van der Waals surface area contributed by atoms with Gasteiger partial charge in [0, 0.05) is 53.2 Å². The number of hydrogen-bond donors (Lipinski definition) is 3. The van der Waals surface area contributed by atoms with Crippen molar-refractivity contribution in [2.45, 2.75) is 84.6 Å². The molecule has 0 bridgehead atoms. The largest absolute Gasteiger partial charge is 0.463 e. The summed E-state index contributed by atoms with van der Waals surface area (Å²) in [6, 6.07) is 0. The maximum Gasteiger partial charge on any atom is 0.303 e. The van der Waals surface area contributed by atoms with Gasteiger partial charge in [0.1, 0.15) is 19.3 Å². The molecule has 0 spiro atoms. The molecule has 2 amide bonds. The van der Waals surface area contributed by atoms with Crippen molar-refractivity contribution >= 4 is 35.7 Å². The molecule has 15 nitrogen and oxygen atoms in total. The van der Waals surface area contributed by atoms with E-state index in [1.54, 1.807) is 0 Å². The first-order valence-corrected chi connectivity index (χ1v) is 13.0. The minimum atomic E-state index is -1.45. The summed E-state index contributed by atoms with van der Waals surface area (Å²) in [7, 11) is 0. The highest BCUT2D eigenvalue weighted by atomic mass is 16.7. The summed E-state index contributed by atoms with van der Waals surface area (Å²) < 4.78 is 32.2. The second-order valence-electron chi connectivity index (χ2n) is 9.21. The molecule has 5 unspecified atom stereocenters. The van der Waals surface area contributed by atoms with Crippen LogP contribution in [-0.2, 0) is 57.2 Å². The lowest BCUT2D eigenvalue weighted by Crippen LogP contribution is -2.63. The number of carbonyl (C=O) groups is 6. The maximum atomic E-state index is 12.4. The van der Waals surface area contributed by atoms with Crippen molar-refractivity contribution in [1.29, 1.82) is 0 Å². The van der Waals surface area contributed by atoms with Crippen molar-refractivity contribution in [2.24, 2.45) is 11.7 Å². The summed E-state index contributed by atoms with van der Waals surface area (Å²) in [5.41, 5.74) is 5.38. The molecule has 0 radical (unpaired) electrons. The Bertz CT molecular complexity index is 883. The molecule has 15 heteroatoms. The normalized spacial score (nSPS) is 22.8. The van der Waals surface area contributed by atoms with Crippen LogP contribution in [0.4, 0.5) is 0 Å². The van der Waals surface area contributed by atoms with Gasteiger partial charge in [-0.25, -0.2) is 0 Å². The number of carbonyl (C=O) groups excluding carboxylic acids is 6. The molecule has 1 saturated heterocycles. The van der Waals surface area contributed by atoms with Crippen LogP contribution in [0.5, 0.6) is 0 Å². The third-order valence-corrected chi connectivity index (χ3v) is 5.60. The highest BCUT2D eigenvalue weighted by molar-refractivity contribution is 5.78. The smallest absolute Gasteiger partial charge is 0.303 e. The molecule has 1 aliphatic heterocycles. The Morgan fingerprint density at radius 3 is 1.98 bits per heavy atom. The number of rotatable bonds is 16. The summed E-state index contributed by atoms with van der Waals surface area (Å²) in [6.45, 7) is 6.44. The van der Waals surface area contributed by atoms with Crippen LogP contribution in [0, 0.1) is 5.92 Å². The van der Waals surface area contributed by atoms with E-state index in [2.05, 4.69) is 10.6 Å². The Morgan fingerprint density at radius 2 is 1.40 bits per heavy atom. The minimum Gasteiger partial charge on any atom is -0.463 e. The molecule has 0 aliphatic carbocycles. The lowest BCUT2D eigenvalue weighted by atomic mass is 9.98. The zero-order valence-electron chi connectivity index (χ0n) is 23.6. The van der Waals surface area contributed by atoms with E-state index in [1.165, 1.54) is 0 Å². The van der Waals surface area contributed by atoms with Gasteiger partial charge in [-0.05, 0) is 12.8 Å². The Hall–Kier alpha value is -3.30. The molecule has 0 aromatic carbocycles. The lowest BCUT2D eigenvalue weighted by molar-refractivity contribution is -0.306. The van der Waals surface area contributed by atoms with Gasteiger partial charge >= 0.3 is 23.9 Å². The van der Waals surface area contributed by atoms with Crippen LogP contribution in [0.25, 0.3) is 0 Å². The average molecular weight is 576 g/mol. The number of ether oxygens (including phenoxy) is 6. The number of nitrogens with one attached hydrogen (secondary N) is 2. The van der Waals surface area contributed by atoms with E-state index in [9.17, 15) is 28.8 Å². The molecule has 6 atom stereocenters. The van der Waals surface area contributed by atoms with Gasteiger partial charge in [0.15, 0.2) is 24.6 Å². The molecule has 0 aromatic rings. The van der Waals surface area contributed by atoms with Crippen LogP contribution in [0.2, 0.25) is 0 Å². The maximum absolute atomic E-state index is 12.4. The number of esters is 4. The van der Waals surface area contributed by atoms with Gasteiger partial charge in [-0.2, -0.15) is 0 Å². The monoisotopic (exact) mass is 575 g/mol. The van der Waals surface area contributed by atoms with Crippen molar-refractivity contribution in [3.05, 3.63) is 0 Å². The summed E-state index contributed by atoms with van der Waals surface area (Å²) in [5, 5.41) is 5.40. The van der Waals surface area contributed by atoms with E-state index in [1.807, 2.05) is 6.92 Å². The summed E-state index contributed by atoms with van der Waals surface area (Å²) in [6.07, 6.45) is -4.82. The predicted octanol–water partition coefficient (Wildman–Crippen LogP) is -0.916. The molecule has 40 heavy (non-hydrogen) atoms. The first-order chi connectivity index (χ1) is 18.8. The zero-order chi connectivity index (χ0) is 30.2. The van der Waals surface area contributed by atoms with Crippen molar-refractivity contribution in [3.63, 3.8) is 0 Å². The van der Waals surface area contributed by atoms with Crippen LogP contribution in [0.1, 0.15) is 53.9 Å². The number of unbranched alkanes of at least 4 members (excludes halogenated alkanes) is 1. The molecule has 1 fully saturated rings. The van der Waals surface area contributed by atoms with Crippen LogP contribution in [0.3, 0.4) is 0 Å². The van der Waals surface area contributed by atoms with Gasteiger partial charge in [0.25, 0.3) is 0 Å². The van der Waals surface area contributed by atoms with E-state index in [0.29, 0.717) is 38.9 Å². The van der Waals surface area contributed by atoms with Crippen LogP contribution >= 0.6 is 0 Å². The summed E-state index contributed by atoms with van der Waals surface area (Å²) in [4.78, 5) is 71.1. The molecule has 4 N–H and O–H groups in total. The van der Waals surface area contributed by atoms with Crippen LogP contribution < -0.4 is 16.4 Å². The fourth-order valence-corrected chi connectivity index (χ4v) is 3.84. The van der Waals surface area contributed by atoms with Gasteiger partial charge in [0.2, 0.25) is 11.8 Å². The zero-order valence-corrected chi connectivity index (χ0v) is 23.6. The number of hydrogen-bond acceptors (Lipinski definition) is 13. The number of nitrogens with two attached hydrogens (primary N) is 1. The molecule has 1 heterocycles. The fraction of sp³-hybridized carbons (Fsp3) is 0.760. The summed E-state index contributed by atoms with van der Waals surface area (Å²) >= 11 is 0. The van der Waals surface area contributed by atoms with Crippen molar-refractivity contribution < 1.29 is 57.2 Å². The van der Waals surface area contributed by atoms with E-state index >= 15 is 0 Å². The van der Waals surface area contributed by atoms with Crippen molar-refractivity contribution in [1.82, 2.24) is 10.6 Å². The second kappa shape index (κ2) is 18.1. The van der Waals surface area contributed by atoms with E-state index in [-0.39, 0.29) is 11.8 Å². The SMILES string of the molecule is CC(=O)OCC1OC(OCC(=O)NCCCC[C@H](C)C(=O)NCCN)C(OC(C)=O)C(OC(C)=O)C1OC(C)=O. The Morgan fingerprint density at radius 1 is 0.800 bits per heavy atom. The highest BCUT2D eigenvalue weighted by Gasteiger charge is 2.52. The molecule has 1 aliphatic rings. The molecule has 0 aromatic heterocycles. The topological polar surface area (TPSA) is 208 Å². The predicted molar refractivity (Wildman–Crippen MR) is 136 cm³/mol. The molecule has 0 saturated carbocycles. The standard InChI is InChI=1S/C25H41N3O12/c1-14(24(34)28-11-9-26)8-6-7-10-27-20(33)13-36-25-23(39-18(5)32)22(38-17(4)31)21(37-16(3)30)19(40-25)12-35-15(2)29/h14,19,21-23,25H,6-13,26H2,1-5H3,(H,27,33)(H,28,34)/t14-,19?,21?,22?,23?,25?/m0/s1. The average Bonchev–Trinajstić information content (AvgIpc) is 2.86. The molecule has 1 rings (SSSR count). The van der Waals surface area contributed by atoms with Crippen LogP contribution in [0.15, 0.2) is 0 Å². The van der Waals surface area contributed by atoms with Gasteiger partial charge < -0.3 is 44.8 Å². The lowest BCUT2D eigenvalue weighted by Gasteiger charge is -2.43. The second-order valence-corrected chi connectivity index (χ2v) is 9.21. The Kier molecular flexibility index (Phi) is 15.7. The van der Waals surface area contributed by atoms with Crippen LogP contribution in [-0.4, -0.2) is 99.2 Å². The third-order valence-electron chi connectivity index (χ3n) is 5.60. The third kappa shape index (κ3) is 13.2. The summed E-state index contributed by atoms with van der Waals surface area (Å²) in [5.74, 6) is -3.75. The van der Waals surface area contributed by atoms with Gasteiger partial charge in [-0.1, -0.05) is 13.3 Å². The van der Waals surface area contributed by atoms with E-state index < -0.39 is 73.7 Å². The molecular formula is C25H41N3O12. The van der Waals surface area contributed by atoms with Gasteiger partial charge in [0.05, 0.1) is 0 Å². The number of amides is 2. The quantitative estimate of drug-likeness (QED) is 0.116. The fourth-order valence-electron chi connectivity index (χ4n) is 3.84. The van der Waals surface area contributed by atoms with Gasteiger partial charge in [-0.3, -0.25) is 28.8 Å². The van der Waals surface area contributed by atoms with Crippen molar-refractivity contribution in [3.8, 4) is 0 Å². The highest BCUT2D eigenvalue weighted by Crippen LogP contribution is 2.30. The molecule has 228 valence electrons.